The van der Waals surface area contributed by atoms with Gasteiger partial charge in [-0.05, 0) is 68.2 Å². The van der Waals surface area contributed by atoms with Crippen molar-refractivity contribution in [2.45, 2.75) is 118 Å². The SMILES string of the molecule is COC(=O)CCC(=O)O[Si]1(O)n2c3c4cc(C(C)(C)C)ccc4c2/N=C2N=C(/N=c4/c5cc(C(C)(C)C)ccc5/c(n41)=N/C1=NC(=N\3)/c3ccc(C(C)(C)C)cc31)c1ccc(C(C)(C)C)cc1\2. The largest absolute Gasteiger partial charge is 0.669 e. The normalized spacial score (nSPS) is 20.0. The second-order valence-corrected chi connectivity index (χ2v) is 24.3. The number of esters is 1. The van der Waals surface area contributed by atoms with Crippen LogP contribution in [0, 0.1) is 0 Å². The number of nitrogens with zero attached hydrogens (tertiary/aromatic N) is 8. The topological polar surface area (TPSA) is 157 Å². The third kappa shape index (κ3) is 7.14. The molecule has 4 aliphatic heterocycles. The Morgan fingerprint density at radius 1 is 0.478 bits per heavy atom. The number of aliphatic imine (C=N–C) groups is 4. The molecule has 0 fully saturated rings. The molecule has 0 spiro atoms. The minimum absolute atomic E-state index is 0.205. The first-order valence-electron chi connectivity index (χ1n) is 22.8. The van der Waals surface area contributed by atoms with Gasteiger partial charge in [0.05, 0.1) is 20.0 Å². The van der Waals surface area contributed by atoms with E-state index in [1.54, 1.807) is 8.47 Å². The monoisotopic (exact) mass is 912 g/mol. The summed E-state index contributed by atoms with van der Waals surface area (Å²) in [5, 5.41) is 2.59. The molecule has 4 aliphatic rings. The van der Waals surface area contributed by atoms with E-state index >= 15 is 0 Å². The Bertz CT molecular complexity index is 3470. The molecule has 1 atom stereocenters. The number of methoxy groups -OCH3 is 1. The van der Waals surface area contributed by atoms with Crippen LogP contribution < -0.4 is 11.0 Å². The molecule has 6 aromatic rings. The van der Waals surface area contributed by atoms with Crippen molar-refractivity contribution < 1.29 is 23.5 Å². The Morgan fingerprint density at radius 2 is 0.881 bits per heavy atom. The standard InChI is InChI=1S/C53H56N8O5Si/c1-50(2,3)28-14-18-32-36(24-28)44-54-42(32)56-48-39-27-31(53(10,11)12)17-21-35(39)47-59-45-37-25-29(51(4,5)6)15-19-33(37)43(55-45)57-49-38-26-30(52(7,8)9)16-20-34(38)46(58-44)60(49)67(64,61(47)48)66-41(63)23-22-40(62)65-13/h14-21,24-27,64H,22-23H2,1-13H3/b56-42-,56-48?,57-43?,57-49-,58-44?,58-46-,59-45-,59-47?. The lowest BCUT2D eigenvalue weighted by molar-refractivity contribution is -0.145. The fraction of sp³-hybridized carbons (Fsp3) is 0.358. The van der Waals surface area contributed by atoms with Gasteiger partial charge in [0, 0.05) is 43.8 Å². The molecule has 14 heteroatoms. The van der Waals surface area contributed by atoms with Crippen LogP contribution in [0.2, 0.25) is 0 Å². The van der Waals surface area contributed by atoms with E-state index < -0.39 is 20.8 Å². The van der Waals surface area contributed by atoms with E-state index in [1.165, 1.54) is 7.11 Å². The number of aromatic nitrogens is 2. The maximum atomic E-state index is 14.5. The Labute approximate surface area is 390 Å². The highest BCUT2D eigenvalue weighted by molar-refractivity contribution is 6.66. The van der Waals surface area contributed by atoms with Gasteiger partial charge in [0.1, 0.15) is 22.6 Å². The zero-order valence-electron chi connectivity index (χ0n) is 40.5. The maximum Gasteiger partial charge on any atom is 0.669 e. The minimum atomic E-state index is -5.20. The van der Waals surface area contributed by atoms with Gasteiger partial charge in [-0.1, -0.05) is 132 Å². The fourth-order valence-corrected chi connectivity index (χ4v) is 11.7. The molecule has 6 heterocycles. The quantitative estimate of drug-likeness (QED) is 0.138. The summed E-state index contributed by atoms with van der Waals surface area (Å²) in [4.78, 5) is 73.6. The third-order valence-electron chi connectivity index (χ3n) is 13.2. The molecule has 1 N–H and O–H groups in total. The first-order valence-corrected chi connectivity index (χ1v) is 24.6. The predicted molar refractivity (Wildman–Crippen MR) is 265 cm³/mol. The second kappa shape index (κ2) is 14.7. The number of hydrogen-bond donors (Lipinski definition) is 1. The first kappa shape index (κ1) is 44.2. The van der Waals surface area contributed by atoms with Crippen molar-refractivity contribution in [2.24, 2.45) is 30.0 Å². The lowest BCUT2D eigenvalue weighted by atomic mass is 9.85. The highest BCUT2D eigenvalue weighted by atomic mass is 28.4. The average Bonchev–Trinajstić information content (AvgIpc) is 3.96. The zero-order valence-corrected chi connectivity index (χ0v) is 41.5. The molecule has 0 radical (unpaired) electrons. The number of amidine groups is 4. The molecule has 0 saturated heterocycles. The summed E-state index contributed by atoms with van der Waals surface area (Å²) in [5.74, 6) is 0.637. The van der Waals surface area contributed by atoms with Crippen LogP contribution in [-0.4, -0.2) is 64.5 Å². The van der Waals surface area contributed by atoms with Crippen molar-refractivity contribution in [1.82, 2.24) is 8.47 Å². The van der Waals surface area contributed by atoms with Crippen molar-refractivity contribution in [2.75, 3.05) is 7.11 Å². The van der Waals surface area contributed by atoms with Crippen LogP contribution in [-0.2, 0) is 40.4 Å². The fourth-order valence-electron chi connectivity index (χ4n) is 9.12. The Morgan fingerprint density at radius 3 is 1.40 bits per heavy atom. The second-order valence-electron chi connectivity index (χ2n) is 22.1. The summed E-state index contributed by atoms with van der Waals surface area (Å²) in [6.07, 6.45) is -0.645. The smallest absolute Gasteiger partial charge is 0.469 e. The highest BCUT2D eigenvalue weighted by Gasteiger charge is 2.53. The van der Waals surface area contributed by atoms with E-state index in [0.717, 1.165) is 44.5 Å². The van der Waals surface area contributed by atoms with E-state index in [1.807, 2.05) is 24.3 Å². The number of carbonyl (C=O) groups is 2. The van der Waals surface area contributed by atoms with Gasteiger partial charge < -0.3 is 14.0 Å². The van der Waals surface area contributed by atoms with Gasteiger partial charge >= 0.3 is 14.9 Å². The molecular formula is C53H56N8O5Si. The van der Waals surface area contributed by atoms with Crippen molar-refractivity contribution in [3.05, 3.63) is 128 Å². The first-order chi connectivity index (χ1) is 31.3. The van der Waals surface area contributed by atoms with Crippen LogP contribution in [0.25, 0.3) is 21.5 Å². The lowest BCUT2D eigenvalue weighted by Gasteiger charge is -2.28. The van der Waals surface area contributed by atoms with E-state index in [4.69, 9.17) is 39.1 Å². The molecule has 13 nitrogen and oxygen atoms in total. The van der Waals surface area contributed by atoms with Gasteiger partial charge in [0.2, 0.25) is 0 Å². The summed E-state index contributed by atoms with van der Waals surface area (Å²) in [6.45, 7) is 25.8. The van der Waals surface area contributed by atoms with Gasteiger partial charge in [0.25, 0.3) is 5.97 Å². The maximum absolute atomic E-state index is 14.5. The Balaban J connectivity index is 1.46. The minimum Gasteiger partial charge on any atom is -0.469 e. The van der Waals surface area contributed by atoms with Gasteiger partial charge in [-0.2, -0.15) is 0 Å². The summed E-state index contributed by atoms with van der Waals surface area (Å²) < 4.78 is 14.8. The molecule has 6 bridgehead atoms. The molecule has 67 heavy (non-hydrogen) atoms. The van der Waals surface area contributed by atoms with Crippen LogP contribution in [0.3, 0.4) is 0 Å². The van der Waals surface area contributed by atoms with Crippen molar-refractivity contribution in [3.8, 4) is 0 Å². The average molecular weight is 913 g/mol. The van der Waals surface area contributed by atoms with E-state index in [0.29, 0.717) is 44.9 Å². The number of ether oxygens (including phenoxy) is 1. The highest BCUT2D eigenvalue weighted by Crippen LogP contribution is 2.45. The third-order valence-corrected chi connectivity index (χ3v) is 15.7. The summed E-state index contributed by atoms with van der Waals surface area (Å²) >= 11 is 0. The van der Waals surface area contributed by atoms with Crippen LogP contribution in [0.1, 0.15) is 140 Å². The Kier molecular flexibility index (Phi) is 9.68. The lowest BCUT2D eigenvalue weighted by Crippen LogP contribution is -2.62. The van der Waals surface area contributed by atoms with E-state index in [2.05, 4.69) is 132 Å². The molecule has 0 amide bonds. The van der Waals surface area contributed by atoms with E-state index in [-0.39, 0.29) is 57.1 Å². The van der Waals surface area contributed by atoms with Crippen molar-refractivity contribution >= 4 is 77.3 Å². The number of carbonyl (C=O) groups excluding carboxylic acids is 2. The number of benzene rings is 4. The molecular weight excluding hydrogens is 857 g/mol. The van der Waals surface area contributed by atoms with Crippen LogP contribution in [0.4, 0.5) is 11.6 Å². The van der Waals surface area contributed by atoms with Crippen LogP contribution >= 0.6 is 0 Å². The summed E-state index contributed by atoms with van der Waals surface area (Å²) in [7, 11) is -3.93. The molecule has 0 aliphatic carbocycles. The summed E-state index contributed by atoms with van der Waals surface area (Å²) in [5.41, 5.74) is 6.79. The number of hydrogen-bond acceptors (Lipinski definition) is 11. The van der Waals surface area contributed by atoms with Crippen molar-refractivity contribution in [3.63, 3.8) is 0 Å². The number of rotatable bonds is 4. The molecule has 0 saturated carbocycles. The molecule has 2 aromatic heterocycles. The molecule has 10 rings (SSSR count). The summed E-state index contributed by atoms with van der Waals surface area (Å²) in [6, 6.07) is 24.7. The predicted octanol–water partition coefficient (Wildman–Crippen LogP) is 9.05. The zero-order chi connectivity index (χ0) is 47.9. The number of fused-ring (bicyclic) bond motifs is 14. The Hall–Kier alpha value is -6.64. The van der Waals surface area contributed by atoms with Crippen LogP contribution in [0.15, 0.2) is 103 Å². The molecule has 4 aromatic carbocycles. The van der Waals surface area contributed by atoms with Gasteiger partial charge in [-0.3, -0.25) is 18.1 Å². The van der Waals surface area contributed by atoms with Gasteiger partial charge in [-0.25, -0.2) is 30.0 Å². The molecule has 1 unspecified atom stereocenters. The van der Waals surface area contributed by atoms with E-state index in [9.17, 15) is 14.4 Å². The van der Waals surface area contributed by atoms with Gasteiger partial charge in [-0.15, -0.1) is 0 Å². The molecule has 342 valence electrons. The van der Waals surface area contributed by atoms with Crippen molar-refractivity contribution in [1.29, 1.82) is 0 Å². The van der Waals surface area contributed by atoms with Crippen LogP contribution in [0.5, 0.6) is 0 Å². The van der Waals surface area contributed by atoms with Gasteiger partial charge in [0.15, 0.2) is 23.3 Å².